The molecule has 0 aliphatic carbocycles. The molecular weight excluding hydrogens is 302 g/mol. The van der Waals surface area contributed by atoms with Gasteiger partial charge >= 0.3 is 5.97 Å². The van der Waals surface area contributed by atoms with Crippen molar-refractivity contribution in [2.75, 3.05) is 14.1 Å². The molecule has 1 aromatic rings. The van der Waals surface area contributed by atoms with Crippen LogP contribution in [0.2, 0.25) is 0 Å². The summed E-state index contributed by atoms with van der Waals surface area (Å²) in [4.78, 5) is 24.7. The maximum Gasteiger partial charge on any atom is 0.342 e. The molecular formula is C12H14BrNO4. The van der Waals surface area contributed by atoms with E-state index in [2.05, 4.69) is 15.9 Å². The number of benzene rings is 1. The first-order chi connectivity index (χ1) is 8.32. The molecule has 0 radical (unpaired) electrons. The Labute approximate surface area is 113 Å². The Balaban J connectivity index is 2.83. The summed E-state index contributed by atoms with van der Waals surface area (Å²) in [7, 11) is 3.15. The monoisotopic (exact) mass is 315 g/mol. The lowest BCUT2D eigenvalue weighted by Gasteiger charge is -2.17. The van der Waals surface area contributed by atoms with Crippen LogP contribution in [0, 0.1) is 0 Å². The van der Waals surface area contributed by atoms with Gasteiger partial charge in [-0.3, -0.25) is 4.79 Å². The lowest BCUT2D eigenvalue weighted by molar-refractivity contribution is -0.137. The number of carbonyl (C=O) groups excluding carboxylic acids is 2. The van der Waals surface area contributed by atoms with E-state index in [-0.39, 0.29) is 17.2 Å². The zero-order valence-electron chi connectivity index (χ0n) is 10.3. The Morgan fingerprint density at radius 2 is 2.00 bits per heavy atom. The molecule has 1 rings (SSSR count). The molecule has 0 heterocycles. The summed E-state index contributed by atoms with van der Waals surface area (Å²) in [5.41, 5.74) is 0.0165. The Morgan fingerprint density at radius 1 is 1.39 bits per heavy atom. The number of halogens is 1. The summed E-state index contributed by atoms with van der Waals surface area (Å²) in [6.45, 7) is 1.48. The van der Waals surface area contributed by atoms with Crippen molar-refractivity contribution in [3.8, 4) is 5.75 Å². The van der Waals surface area contributed by atoms with Crippen LogP contribution in [0.25, 0.3) is 0 Å². The second-order valence-corrected chi connectivity index (χ2v) is 4.86. The molecule has 0 unspecified atom stereocenters. The van der Waals surface area contributed by atoms with Crippen LogP contribution in [-0.2, 0) is 9.53 Å². The van der Waals surface area contributed by atoms with Gasteiger partial charge in [-0.15, -0.1) is 0 Å². The van der Waals surface area contributed by atoms with E-state index in [1.165, 1.54) is 24.0 Å². The summed E-state index contributed by atoms with van der Waals surface area (Å²) in [5, 5.41) is 9.55. The van der Waals surface area contributed by atoms with Crippen LogP contribution in [-0.4, -0.2) is 42.1 Å². The molecule has 0 aromatic heterocycles. The molecule has 0 bridgehead atoms. The number of carbonyl (C=O) groups is 2. The van der Waals surface area contributed by atoms with Gasteiger partial charge in [0.15, 0.2) is 6.10 Å². The third-order valence-electron chi connectivity index (χ3n) is 2.25. The minimum absolute atomic E-state index is 0.0165. The lowest BCUT2D eigenvalue weighted by Crippen LogP contribution is -2.34. The largest absolute Gasteiger partial charge is 0.507 e. The zero-order valence-corrected chi connectivity index (χ0v) is 11.9. The van der Waals surface area contributed by atoms with Gasteiger partial charge in [-0.05, 0) is 25.1 Å². The van der Waals surface area contributed by atoms with Gasteiger partial charge in [-0.25, -0.2) is 4.79 Å². The van der Waals surface area contributed by atoms with Gasteiger partial charge in [-0.2, -0.15) is 0 Å². The zero-order chi connectivity index (χ0) is 13.9. The summed E-state index contributed by atoms with van der Waals surface area (Å²) in [6, 6.07) is 4.41. The number of rotatable bonds is 3. The van der Waals surface area contributed by atoms with Gasteiger partial charge in [0.05, 0.1) is 0 Å². The van der Waals surface area contributed by atoms with Crippen LogP contribution in [0.3, 0.4) is 0 Å². The second-order valence-electron chi connectivity index (χ2n) is 3.94. The molecule has 0 aliphatic heterocycles. The third kappa shape index (κ3) is 3.46. The number of hydrogen-bond donors (Lipinski definition) is 1. The quantitative estimate of drug-likeness (QED) is 0.864. The number of amides is 1. The Kier molecular flexibility index (Phi) is 4.72. The molecule has 0 spiro atoms. The van der Waals surface area contributed by atoms with E-state index in [0.29, 0.717) is 4.47 Å². The van der Waals surface area contributed by atoms with Crippen molar-refractivity contribution in [2.24, 2.45) is 0 Å². The standard InChI is InChI=1S/C12H14BrNO4/c1-7(11(16)14(2)3)18-12(17)9-6-8(13)4-5-10(9)15/h4-7,15H,1-3H3/t7-/m1/s1. The molecule has 0 saturated carbocycles. The van der Waals surface area contributed by atoms with Gasteiger partial charge in [0.2, 0.25) is 0 Å². The first kappa shape index (κ1) is 14.5. The second kappa shape index (κ2) is 5.86. The molecule has 0 fully saturated rings. The minimum atomic E-state index is -0.897. The highest BCUT2D eigenvalue weighted by Gasteiger charge is 2.22. The Bertz CT molecular complexity index is 473. The van der Waals surface area contributed by atoms with Gasteiger partial charge in [0, 0.05) is 18.6 Å². The fourth-order valence-electron chi connectivity index (χ4n) is 1.31. The van der Waals surface area contributed by atoms with Crippen LogP contribution in [0.15, 0.2) is 22.7 Å². The topological polar surface area (TPSA) is 66.8 Å². The van der Waals surface area contributed by atoms with Crippen molar-refractivity contribution in [3.05, 3.63) is 28.2 Å². The Hall–Kier alpha value is -1.56. The fourth-order valence-corrected chi connectivity index (χ4v) is 1.67. The van der Waals surface area contributed by atoms with E-state index in [4.69, 9.17) is 4.74 Å². The van der Waals surface area contributed by atoms with Crippen LogP contribution in [0.1, 0.15) is 17.3 Å². The number of hydrogen-bond acceptors (Lipinski definition) is 4. The minimum Gasteiger partial charge on any atom is -0.507 e. The molecule has 1 N–H and O–H groups in total. The highest BCUT2D eigenvalue weighted by atomic mass is 79.9. The van der Waals surface area contributed by atoms with Gasteiger partial charge in [-0.1, -0.05) is 15.9 Å². The molecule has 98 valence electrons. The smallest absolute Gasteiger partial charge is 0.342 e. The highest BCUT2D eigenvalue weighted by Crippen LogP contribution is 2.23. The maximum absolute atomic E-state index is 11.8. The molecule has 0 saturated heterocycles. The molecule has 0 aliphatic rings. The van der Waals surface area contributed by atoms with Gasteiger partial charge < -0.3 is 14.7 Å². The molecule has 1 atom stereocenters. The molecule has 1 amide bonds. The number of phenolic OH excluding ortho intramolecular Hbond substituents is 1. The Morgan fingerprint density at radius 3 is 2.56 bits per heavy atom. The number of likely N-dealkylation sites (N-methyl/N-ethyl adjacent to an activating group) is 1. The average Bonchev–Trinajstić information content (AvgIpc) is 2.30. The van der Waals surface area contributed by atoms with Gasteiger partial charge in [0.25, 0.3) is 5.91 Å². The van der Waals surface area contributed by atoms with E-state index >= 15 is 0 Å². The molecule has 5 nitrogen and oxygen atoms in total. The predicted molar refractivity (Wildman–Crippen MR) is 69.4 cm³/mol. The van der Waals surface area contributed by atoms with Gasteiger partial charge in [0.1, 0.15) is 11.3 Å². The summed E-state index contributed by atoms with van der Waals surface area (Å²) >= 11 is 3.19. The van der Waals surface area contributed by atoms with Crippen molar-refractivity contribution in [2.45, 2.75) is 13.0 Å². The molecule has 6 heteroatoms. The van der Waals surface area contributed by atoms with E-state index in [1.807, 2.05) is 0 Å². The van der Waals surface area contributed by atoms with Crippen LogP contribution >= 0.6 is 15.9 Å². The molecule has 18 heavy (non-hydrogen) atoms. The van der Waals surface area contributed by atoms with Crippen LogP contribution in [0.4, 0.5) is 0 Å². The summed E-state index contributed by atoms with van der Waals surface area (Å²) in [5.74, 6) is -1.25. The third-order valence-corrected chi connectivity index (χ3v) is 2.74. The summed E-state index contributed by atoms with van der Waals surface area (Å²) < 4.78 is 5.62. The average molecular weight is 316 g/mol. The molecule has 1 aromatic carbocycles. The van der Waals surface area contributed by atoms with Crippen molar-refractivity contribution >= 4 is 27.8 Å². The van der Waals surface area contributed by atoms with Crippen molar-refractivity contribution in [1.29, 1.82) is 0 Å². The number of ether oxygens (including phenoxy) is 1. The normalized spacial score (nSPS) is 11.8. The predicted octanol–water partition coefficient (Wildman–Crippen LogP) is 1.79. The van der Waals surface area contributed by atoms with Crippen molar-refractivity contribution in [1.82, 2.24) is 4.90 Å². The highest BCUT2D eigenvalue weighted by molar-refractivity contribution is 9.10. The van der Waals surface area contributed by atoms with E-state index in [0.717, 1.165) is 0 Å². The number of nitrogens with zero attached hydrogens (tertiary/aromatic N) is 1. The van der Waals surface area contributed by atoms with E-state index < -0.39 is 12.1 Å². The number of esters is 1. The van der Waals surface area contributed by atoms with Crippen LogP contribution in [0.5, 0.6) is 5.75 Å². The maximum atomic E-state index is 11.8. The van der Waals surface area contributed by atoms with E-state index in [9.17, 15) is 14.7 Å². The van der Waals surface area contributed by atoms with Crippen LogP contribution < -0.4 is 0 Å². The first-order valence-electron chi connectivity index (χ1n) is 5.23. The number of aromatic hydroxyl groups is 1. The first-order valence-corrected chi connectivity index (χ1v) is 6.03. The van der Waals surface area contributed by atoms with E-state index in [1.54, 1.807) is 20.2 Å². The van der Waals surface area contributed by atoms with Crippen molar-refractivity contribution in [3.63, 3.8) is 0 Å². The summed E-state index contributed by atoms with van der Waals surface area (Å²) in [6.07, 6.45) is -0.897. The fraction of sp³-hybridized carbons (Fsp3) is 0.333. The number of phenols is 1. The van der Waals surface area contributed by atoms with Crippen molar-refractivity contribution < 1.29 is 19.4 Å². The SMILES string of the molecule is C[C@@H](OC(=O)c1cc(Br)ccc1O)C(=O)N(C)C. The lowest BCUT2D eigenvalue weighted by atomic mass is 10.2.